The third-order valence-corrected chi connectivity index (χ3v) is 4.19. The van der Waals surface area contributed by atoms with Crippen molar-refractivity contribution in [3.8, 4) is 5.75 Å². The highest BCUT2D eigenvalue weighted by atomic mass is 16.5. The maximum absolute atomic E-state index is 12.3. The lowest BCUT2D eigenvalue weighted by Crippen LogP contribution is -2.41. The summed E-state index contributed by atoms with van der Waals surface area (Å²) >= 11 is 0. The largest absolute Gasteiger partial charge is 0.489 e. The zero-order valence-electron chi connectivity index (χ0n) is 12.6. The number of nitrogens with two attached hydrogens (primary N) is 1. The van der Waals surface area contributed by atoms with Crippen molar-refractivity contribution in [3.05, 3.63) is 65.7 Å². The molecule has 2 unspecified atom stereocenters. The second-order valence-corrected chi connectivity index (χ2v) is 5.82. The average molecular weight is 295 g/mol. The summed E-state index contributed by atoms with van der Waals surface area (Å²) in [5.74, 6) is 0.813. The molecule has 0 saturated heterocycles. The van der Waals surface area contributed by atoms with Crippen LogP contribution in [0.4, 0.5) is 0 Å². The van der Waals surface area contributed by atoms with E-state index in [1.807, 2.05) is 54.6 Å². The van der Waals surface area contributed by atoms with Crippen LogP contribution >= 0.6 is 0 Å². The van der Waals surface area contributed by atoms with Gasteiger partial charge in [0.05, 0.1) is 0 Å². The fourth-order valence-corrected chi connectivity index (χ4v) is 2.89. The number of carbonyl (C=O) groups excluding carboxylic acids is 1. The number of benzene rings is 2. The first kappa shape index (κ1) is 14.8. The molecular weight excluding hydrogens is 274 g/mol. The van der Waals surface area contributed by atoms with Crippen LogP contribution in [-0.4, -0.2) is 17.9 Å². The van der Waals surface area contributed by atoms with Crippen molar-refractivity contribution in [2.45, 2.75) is 37.8 Å². The molecule has 2 aromatic rings. The Hall–Kier alpha value is -2.13. The quantitative estimate of drug-likeness (QED) is 0.877. The van der Waals surface area contributed by atoms with Gasteiger partial charge in [0.25, 0.3) is 0 Å². The molecule has 0 spiro atoms. The van der Waals surface area contributed by atoms with Crippen LogP contribution < -0.4 is 10.5 Å². The Morgan fingerprint density at radius 3 is 2.23 bits per heavy atom. The minimum absolute atomic E-state index is 0.0292. The van der Waals surface area contributed by atoms with Crippen molar-refractivity contribution in [1.82, 2.24) is 0 Å². The summed E-state index contributed by atoms with van der Waals surface area (Å²) in [6.45, 7) is 0. The molecule has 1 aliphatic rings. The van der Waals surface area contributed by atoms with Gasteiger partial charge in [-0.3, -0.25) is 4.79 Å². The molecule has 1 fully saturated rings. The molecule has 0 heterocycles. The standard InChI is InChI=1S/C19H21NO2/c20-17-8-4-5-9-18(17)22-16-12-10-15(11-13-16)19(21)14-6-2-1-3-7-14/h1-3,6-7,10-13,17-18H,4-5,8-9,20H2. The Morgan fingerprint density at radius 2 is 1.55 bits per heavy atom. The lowest BCUT2D eigenvalue weighted by Gasteiger charge is -2.29. The number of ether oxygens (including phenoxy) is 1. The summed E-state index contributed by atoms with van der Waals surface area (Å²) in [5, 5.41) is 0. The first-order chi connectivity index (χ1) is 10.7. The van der Waals surface area contributed by atoms with Crippen LogP contribution in [0.25, 0.3) is 0 Å². The smallest absolute Gasteiger partial charge is 0.193 e. The molecular formula is C19H21NO2. The molecule has 0 bridgehead atoms. The lowest BCUT2D eigenvalue weighted by molar-refractivity contribution is 0.103. The Morgan fingerprint density at radius 1 is 0.909 bits per heavy atom. The van der Waals surface area contributed by atoms with Crippen molar-refractivity contribution < 1.29 is 9.53 Å². The summed E-state index contributed by atoms with van der Waals surface area (Å²) in [6.07, 6.45) is 4.47. The topological polar surface area (TPSA) is 52.3 Å². The van der Waals surface area contributed by atoms with Gasteiger partial charge < -0.3 is 10.5 Å². The molecule has 2 N–H and O–H groups in total. The van der Waals surface area contributed by atoms with Crippen LogP contribution in [0, 0.1) is 0 Å². The summed E-state index contributed by atoms with van der Waals surface area (Å²) in [5.41, 5.74) is 7.47. The fourth-order valence-electron chi connectivity index (χ4n) is 2.89. The Bertz CT molecular complexity index is 622. The van der Waals surface area contributed by atoms with Crippen LogP contribution in [0.15, 0.2) is 54.6 Å². The van der Waals surface area contributed by atoms with E-state index < -0.39 is 0 Å². The molecule has 0 aromatic heterocycles. The van der Waals surface area contributed by atoms with E-state index >= 15 is 0 Å². The van der Waals surface area contributed by atoms with Gasteiger partial charge in [0, 0.05) is 17.2 Å². The van der Waals surface area contributed by atoms with E-state index in [-0.39, 0.29) is 17.9 Å². The van der Waals surface area contributed by atoms with Crippen LogP contribution in [0.5, 0.6) is 5.75 Å². The maximum Gasteiger partial charge on any atom is 0.193 e. The van der Waals surface area contributed by atoms with Gasteiger partial charge in [-0.25, -0.2) is 0 Å². The van der Waals surface area contributed by atoms with E-state index in [0.29, 0.717) is 11.1 Å². The van der Waals surface area contributed by atoms with Gasteiger partial charge in [-0.1, -0.05) is 36.8 Å². The van der Waals surface area contributed by atoms with Crippen molar-refractivity contribution in [2.24, 2.45) is 5.73 Å². The lowest BCUT2D eigenvalue weighted by atomic mass is 9.93. The Kier molecular flexibility index (Phi) is 4.54. The van der Waals surface area contributed by atoms with Gasteiger partial charge in [0.1, 0.15) is 11.9 Å². The van der Waals surface area contributed by atoms with Crippen molar-refractivity contribution in [2.75, 3.05) is 0 Å². The molecule has 1 aliphatic carbocycles. The number of carbonyl (C=O) groups is 1. The molecule has 3 rings (SSSR count). The van der Waals surface area contributed by atoms with Crippen molar-refractivity contribution in [3.63, 3.8) is 0 Å². The third-order valence-electron chi connectivity index (χ3n) is 4.19. The Labute approximate surface area is 131 Å². The first-order valence-corrected chi connectivity index (χ1v) is 7.86. The van der Waals surface area contributed by atoms with Crippen LogP contribution in [-0.2, 0) is 0 Å². The van der Waals surface area contributed by atoms with E-state index in [9.17, 15) is 4.79 Å². The van der Waals surface area contributed by atoms with Gasteiger partial charge in [-0.05, 0) is 43.5 Å². The second kappa shape index (κ2) is 6.75. The van der Waals surface area contributed by atoms with E-state index in [4.69, 9.17) is 10.5 Å². The van der Waals surface area contributed by atoms with Gasteiger partial charge in [0.2, 0.25) is 0 Å². The molecule has 2 atom stereocenters. The van der Waals surface area contributed by atoms with Gasteiger partial charge in [-0.15, -0.1) is 0 Å². The molecule has 3 nitrogen and oxygen atoms in total. The summed E-state index contributed by atoms with van der Waals surface area (Å²) in [4.78, 5) is 12.3. The molecule has 114 valence electrons. The molecule has 0 radical (unpaired) electrons. The normalized spacial score (nSPS) is 21.3. The molecule has 0 amide bonds. The van der Waals surface area contributed by atoms with Gasteiger partial charge >= 0.3 is 0 Å². The fraction of sp³-hybridized carbons (Fsp3) is 0.316. The SMILES string of the molecule is NC1CCCCC1Oc1ccc(C(=O)c2ccccc2)cc1. The van der Waals surface area contributed by atoms with Crippen LogP contribution in [0.2, 0.25) is 0 Å². The summed E-state index contributed by atoms with van der Waals surface area (Å²) in [6, 6.07) is 16.8. The minimum Gasteiger partial charge on any atom is -0.489 e. The van der Waals surface area contributed by atoms with E-state index in [2.05, 4.69) is 0 Å². The molecule has 3 heteroatoms. The maximum atomic E-state index is 12.3. The van der Waals surface area contributed by atoms with Crippen LogP contribution in [0.1, 0.15) is 41.6 Å². The van der Waals surface area contributed by atoms with E-state index in [1.54, 1.807) is 0 Å². The molecule has 1 saturated carbocycles. The summed E-state index contributed by atoms with van der Waals surface area (Å²) < 4.78 is 5.97. The highest BCUT2D eigenvalue weighted by molar-refractivity contribution is 6.08. The molecule has 0 aliphatic heterocycles. The average Bonchev–Trinajstić information content (AvgIpc) is 2.58. The minimum atomic E-state index is 0.0292. The highest BCUT2D eigenvalue weighted by Gasteiger charge is 2.23. The zero-order valence-corrected chi connectivity index (χ0v) is 12.6. The second-order valence-electron chi connectivity index (χ2n) is 5.82. The predicted molar refractivity (Wildman–Crippen MR) is 87.2 cm³/mol. The zero-order chi connectivity index (χ0) is 15.4. The van der Waals surface area contributed by atoms with Gasteiger partial charge in [0.15, 0.2) is 5.78 Å². The first-order valence-electron chi connectivity index (χ1n) is 7.86. The highest BCUT2D eigenvalue weighted by Crippen LogP contribution is 2.23. The predicted octanol–water partition coefficient (Wildman–Crippen LogP) is 3.57. The summed E-state index contributed by atoms with van der Waals surface area (Å²) in [7, 11) is 0. The van der Waals surface area contributed by atoms with Crippen molar-refractivity contribution >= 4 is 5.78 Å². The monoisotopic (exact) mass is 295 g/mol. The molecule has 2 aromatic carbocycles. The number of hydrogen-bond donors (Lipinski definition) is 1. The number of hydrogen-bond acceptors (Lipinski definition) is 3. The van der Waals surface area contributed by atoms with E-state index in [1.165, 1.54) is 12.8 Å². The number of ketones is 1. The van der Waals surface area contributed by atoms with Crippen LogP contribution in [0.3, 0.4) is 0 Å². The van der Waals surface area contributed by atoms with Gasteiger partial charge in [-0.2, -0.15) is 0 Å². The number of rotatable bonds is 4. The van der Waals surface area contributed by atoms with E-state index in [0.717, 1.165) is 18.6 Å². The molecule has 22 heavy (non-hydrogen) atoms. The Balaban J connectivity index is 1.69. The third kappa shape index (κ3) is 3.37. The van der Waals surface area contributed by atoms with Crippen molar-refractivity contribution in [1.29, 1.82) is 0 Å².